The molecule has 242 valence electrons. The molecule has 0 fully saturated rings. The molecule has 1 atom stereocenters. The number of hydrogen-bond donors (Lipinski definition) is 2. The Morgan fingerprint density at radius 2 is 1.81 bits per heavy atom. The van der Waals surface area contributed by atoms with Gasteiger partial charge in [0.15, 0.2) is 17.1 Å². The van der Waals surface area contributed by atoms with Gasteiger partial charge in [-0.05, 0) is 54.7 Å². The summed E-state index contributed by atoms with van der Waals surface area (Å²) in [5.74, 6) is 1.29. The lowest BCUT2D eigenvalue weighted by Crippen LogP contribution is -2.26. The third kappa shape index (κ3) is 6.18. The Morgan fingerprint density at radius 3 is 2.47 bits per heavy atom. The van der Waals surface area contributed by atoms with Crippen LogP contribution in [0.15, 0.2) is 63.1 Å². The highest BCUT2D eigenvalue weighted by molar-refractivity contribution is 7.09. The minimum absolute atomic E-state index is 0.0520. The molecule has 0 saturated carbocycles. The van der Waals surface area contributed by atoms with Crippen LogP contribution < -0.4 is 30.3 Å². The second kappa shape index (κ2) is 13.3. The van der Waals surface area contributed by atoms with Gasteiger partial charge in [0.05, 0.1) is 51.0 Å². The molecule has 2 aromatic heterocycles. The predicted molar refractivity (Wildman–Crippen MR) is 180 cm³/mol. The van der Waals surface area contributed by atoms with Crippen LogP contribution in [0.2, 0.25) is 0 Å². The van der Waals surface area contributed by atoms with Gasteiger partial charge in [-0.1, -0.05) is 30.3 Å². The topological polar surface area (TPSA) is 129 Å². The first kappa shape index (κ1) is 31.8. The van der Waals surface area contributed by atoms with Crippen LogP contribution in [-0.2, 0) is 29.0 Å². The number of fused-ring (bicyclic) bond motifs is 4. The van der Waals surface area contributed by atoms with E-state index in [2.05, 4.69) is 15.6 Å². The summed E-state index contributed by atoms with van der Waals surface area (Å²) < 4.78 is 23.7. The lowest BCUT2D eigenvalue weighted by molar-refractivity contribution is -0.121. The molecule has 1 aliphatic carbocycles. The third-order valence-electron chi connectivity index (χ3n) is 8.30. The molecule has 0 spiro atoms. The number of aromatic nitrogens is 1. The van der Waals surface area contributed by atoms with Crippen molar-refractivity contribution >= 4 is 34.1 Å². The fraction of sp³-hybridized carbons (Fsp3) is 0.278. The molecule has 0 aliphatic heterocycles. The maximum Gasteiger partial charge on any atom is 0.224 e. The van der Waals surface area contributed by atoms with Crippen molar-refractivity contribution in [3.8, 4) is 39.7 Å². The van der Waals surface area contributed by atoms with Gasteiger partial charge in [-0.3, -0.25) is 14.4 Å². The normalized spacial score (nSPS) is 13.7. The highest BCUT2D eigenvalue weighted by atomic mass is 32.1. The van der Waals surface area contributed by atoms with Crippen LogP contribution >= 0.6 is 11.3 Å². The average molecular weight is 654 g/mol. The Labute approximate surface area is 275 Å². The van der Waals surface area contributed by atoms with Crippen molar-refractivity contribution in [3.63, 3.8) is 0 Å². The van der Waals surface area contributed by atoms with Gasteiger partial charge in [0, 0.05) is 34.4 Å². The highest BCUT2D eigenvalue weighted by Gasteiger charge is 2.31. The number of benzene rings is 2. The van der Waals surface area contributed by atoms with Gasteiger partial charge in [-0.2, -0.15) is 0 Å². The van der Waals surface area contributed by atoms with E-state index in [1.165, 1.54) is 31.4 Å². The maximum atomic E-state index is 14.1. The fourth-order valence-corrected chi connectivity index (χ4v) is 6.89. The molecule has 2 amide bonds. The molecule has 2 heterocycles. The van der Waals surface area contributed by atoms with Crippen LogP contribution in [0.5, 0.6) is 17.2 Å². The first-order valence-corrected chi connectivity index (χ1v) is 16.1. The molecule has 0 saturated heterocycles. The number of nitrogens with one attached hydrogen (secondary N) is 2. The number of nitrogens with zero attached hydrogens (tertiary/aromatic N) is 1. The van der Waals surface area contributed by atoms with Crippen LogP contribution in [0.25, 0.3) is 33.4 Å². The summed E-state index contributed by atoms with van der Waals surface area (Å²) >= 11 is 1.52. The van der Waals surface area contributed by atoms with E-state index >= 15 is 0 Å². The first-order valence-electron chi connectivity index (χ1n) is 15.2. The molecule has 2 N–H and O–H groups in total. The Kier molecular flexibility index (Phi) is 8.99. The van der Waals surface area contributed by atoms with E-state index < -0.39 is 6.04 Å². The van der Waals surface area contributed by atoms with E-state index in [1.807, 2.05) is 54.8 Å². The molecule has 1 unspecified atom stereocenters. The molecule has 0 radical (unpaired) electrons. The summed E-state index contributed by atoms with van der Waals surface area (Å²) in [7, 11) is 4.65. The van der Waals surface area contributed by atoms with Crippen LogP contribution in [0.4, 0.5) is 0 Å². The number of furan rings is 1. The number of rotatable bonds is 9. The van der Waals surface area contributed by atoms with Gasteiger partial charge in [0.25, 0.3) is 0 Å². The summed E-state index contributed by atoms with van der Waals surface area (Å²) in [6.07, 6.45) is 1.02. The van der Waals surface area contributed by atoms with Crippen molar-refractivity contribution in [3.05, 3.63) is 91.5 Å². The van der Waals surface area contributed by atoms with Gasteiger partial charge in [0.2, 0.25) is 23.0 Å². The zero-order chi connectivity index (χ0) is 33.2. The average Bonchev–Trinajstić information content (AvgIpc) is 3.57. The summed E-state index contributed by atoms with van der Waals surface area (Å²) in [4.78, 5) is 44.4. The minimum atomic E-state index is -0.484. The summed E-state index contributed by atoms with van der Waals surface area (Å²) in [5, 5.41) is 9.32. The van der Waals surface area contributed by atoms with Crippen molar-refractivity contribution in [1.29, 1.82) is 0 Å². The number of thiazole rings is 1. The van der Waals surface area contributed by atoms with E-state index in [9.17, 15) is 14.4 Å². The van der Waals surface area contributed by atoms with Crippen molar-refractivity contribution in [1.82, 2.24) is 15.6 Å². The highest BCUT2D eigenvalue weighted by Crippen LogP contribution is 2.51. The van der Waals surface area contributed by atoms with Crippen molar-refractivity contribution in [2.45, 2.75) is 45.7 Å². The Balaban J connectivity index is 1.62. The molecule has 11 heteroatoms. The van der Waals surface area contributed by atoms with Crippen LogP contribution in [-0.4, -0.2) is 38.1 Å². The molecule has 1 aliphatic rings. The quantitative estimate of drug-likeness (QED) is 0.201. The number of carbonyl (C=O) groups is 2. The van der Waals surface area contributed by atoms with Gasteiger partial charge >= 0.3 is 0 Å². The summed E-state index contributed by atoms with van der Waals surface area (Å²) in [5.41, 5.74) is 4.67. The SMILES string of the molecule is COc1cc2c(c(OC)c1OC)-c1cc3c(CC(=O)NCc4csc(C)n4)c(-c4ccccc4)oc3c(=O)cc1C(NC(C)=O)CC2. The van der Waals surface area contributed by atoms with Crippen LogP contribution in [0.3, 0.4) is 0 Å². The molecule has 3 aromatic carbocycles. The van der Waals surface area contributed by atoms with Crippen molar-refractivity contribution < 1.29 is 28.2 Å². The monoisotopic (exact) mass is 653 g/mol. The smallest absolute Gasteiger partial charge is 0.224 e. The summed E-state index contributed by atoms with van der Waals surface area (Å²) in [6, 6.07) is 14.2. The molecule has 6 rings (SSSR count). The zero-order valence-electron chi connectivity index (χ0n) is 26.8. The van der Waals surface area contributed by atoms with Crippen molar-refractivity contribution in [2.24, 2.45) is 0 Å². The third-order valence-corrected chi connectivity index (χ3v) is 9.12. The van der Waals surface area contributed by atoms with E-state index in [0.29, 0.717) is 63.5 Å². The second-order valence-electron chi connectivity index (χ2n) is 11.3. The van der Waals surface area contributed by atoms with E-state index in [0.717, 1.165) is 21.8 Å². The van der Waals surface area contributed by atoms with E-state index in [1.54, 1.807) is 14.2 Å². The first-order chi connectivity index (χ1) is 22.7. The zero-order valence-corrected chi connectivity index (χ0v) is 27.6. The summed E-state index contributed by atoms with van der Waals surface area (Å²) in [6.45, 7) is 3.64. The van der Waals surface area contributed by atoms with E-state index in [-0.39, 0.29) is 35.8 Å². The standard InChI is InChI=1S/C36H35N3O7S/c1-19(40)38-28-12-11-22-13-30(43-3)35(44-4)36(45-5)32(22)25-14-26-27(16-31(42)37-17-23-18-47-20(2)39-23)33(21-9-7-6-8-10-21)46-34(26)29(41)15-24(25)28/h6-10,13-15,18,28H,11-12,16-17H2,1-5H3,(H,37,42)(H,38,40). The largest absolute Gasteiger partial charge is 0.493 e. The second-order valence-corrected chi connectivity index (χ2v) is 12.4. The molecular weight excluding hydrogens is 618 g/mol. The lowest BCUT2D eigenvalue weighted by Gasteiger charge is -2.20. The number of carbonyl (C=O) groups excluding carboxylic acids is 2. The Hall–Kier alpha value is -5.16. The minimum Gasteiger partial charge on any atom is -0.493 e. The Bertz CT molecular complexity index is 2050. The van der Waals surface area contributed by atoms with E-state index in [4.69, 9.17) is 18.6 Å². The van der Waals surface area contributed by atoms with Gasteiger partial charge in [-0.15, -0.1) is 11.3 Å². The number of hydrogen-bond acceptors (Lipinski definition) is 9. The molecular formula is C36H35N3O7S. The maximum absolute atomic E-state index is 14.1. The number of amides is 2. The van der Waals surface area contributed by atoms with Crippen molar-refractivity contribution in [2.75, 3.05) is 21.3 Å². The fourth-order valence-electron chi connectivity index (χ4n) is 6.28. The predicted octanol–water partition coefficient (Wildman–Crippen LogP) is 5.90. The molecule has 5 aromatic rings. The van der Waals surface area contributed by atoms with Crippen LogP contribution in [0, 0.1) is 6.92 Å². The number of methoxy groups -OCH3 is 3. The Morgan fingerprint density at radius 1 is 1.04 bits per heavy atom. The number of aryl methyl sites for hydroxylation is 2. The molecule has 47 heavy (non-hydrogen) atoms. The van der Waals surface area contributed by atoms with Gasteiger partial charge < -0.3 is 29.3 Å². The molecule has 10 nitrogen and oxygen atoms in total. The van der Waals surface area contributed by atoms with Gasteiger partial charge in [0.1, 0.15) is 5.76 Å². The number of ether oxygens (including phenoxy) is 3. The molecule has 0 bridgehead atoms. The van der Waals surface area contributed by atoms with Crippen LogP contribution in [0.1, 0.15) is 46.8 Å². The lowest BCUT2D eigenvalue weighted by atomic mass is 9.94. The van der Waals surface area contributed by atoms with Gasteiger partial charge in [-0.25, -0.2) is 4.98 Å².